The summed E-state index contributed by atoms with van der Waals surface area (Å²) in [7, 11) is 1.36. The second-order valence-corrected chi connectivity index (χ2v) is 7.31. The molecule has 0 radical (unpaired) electrons. The lowest BCUT2D eigenvalue weighted by molar-refractivity contribution is -0.386. The Morgan fingerprint density at radius 3 is 2.58 bits per heavy atom. The lowest BCUT2D eigenvalue weighted by Gasteiger charge is -2.28. The number of rotatable bonds is 9. The number of hydrogen-bond acceptors (Lipinski definition) is 7. The Kier molecular flexibility index (Phi) is 7.50. The number of carbonyl (C=O) groups excluding carboxylic acids is 2. The van der Waals surface area contributed by atoms with Crippen LogP contribution in [0.2, 0.25) is 0 Å². The largest absolute Gasteiger partial charge is 0.493 e. The quantitative estimate of drug-likeness (QED) is 0.335. The van der Waals surface area contributed by atoms with Crippen molar-refractivity contribution in [2.75, 3.05) is 13.7 Å². The van der Waals surface area contributed by atoms with Crippen molar-refractivity contribution in [3.63, 3.8) is 0 Å². The summed E-state index contributed by atoms with van der Waals surface area (Å²) < 4.78 is 16.3. The van der Waals surface area contributed by atoms with Crippen LogP contribution in [0.3, 0.4) is 0 Å². The van der Waals surface area contributed by atoms with Gasteiger partial charge in [-0.15, -0.1) is 0 Å². The Bertz CT molecular complexity index is 1080. The third kappa shape index (κ3) is 5.40. The van der Waals surface area contributed by atoms with Crippen LogP contribution in [0, 0.1) is 10.1 Å². The first kappa shape index (κ1) is 23.6. The molecule has 1 atom stereocenters. The number of nitro benzene ring substituents is 1. The van der Waals surface area contributed by atoms with Crippen LogP contribution in [0.4, 0.5) is 10.5 Å². The topological polar surface area (TPSA) is 129 Å². The molecule has 3 rings (SSSR count). The molecule has 0 spiro atoms. The van der Waals surface area contributed by atoms with Gasteiger partial charge in [-0.25, -0.2) is 9.59 Å². The summed E-state index contributed by atoms with van der Waals surface area (Å²) in [5.74, 6) is -0.556. The molecule has 0 fully saturated rings. The molecule has 1 heterocycles. The Balaban J connectivity index is 2.00. The van der Waals surface area contributed by atoms with Gasteiger partial charge in [0.2, 0.25) is 5.75 Å². The maximum absolute atomic E-state index is 13.0. The van der Waals surface area contributed by atoms with Crippen LogP contribution in [0.5, 0.6) is 11.5 Å². The smallest absolute Gasteiger partial charge is 0.338 e. The number of allylic oxidation sites excluding steroid dienone is 1. The lowest BCUT2D eigenvalue weighted by atomic mass is 9.94. The number of nitro groups is 1. The maximum atomic E-state index is 13.0. The minimum atomic E-state index is -0.991. The third-order valence-corrected chi connectivity index (χ3v) is 4.96. The zero-order valence-electron chi connectivity index (χ0n) is 18.5. The van der Waals surface area contributed by atoms with Crippen LogP contribution >= 0.6 is 0 Å². The first-order valence-corrected chi connectivity index (χ1v) is 10.3. The molecule has 10 nitrogen and oxygen atoms in total. The van der Waals surface area contributed by atoms with E-state index in [4.69, 9.17) is 14.2 Å². The van der Waals surface area contributed by atoms with E-state index in [0.717, 1.165) is 5.56 Å². The highest BCUT2D eigenvalue weighted by molar-refractivity contribution is 5.95. The number of methoxy groups -OCH3 is 1. The number of hydrogen-bond donors (Lipinski definition) is 2. The predicted molar refractivity (Wildman–Crippen MR) is 119 cm³/mol. The molecule has 1 unspecified atom stereocenters. The van der Waals surface area contributed by atoms with Gasteiger partial charge in [0.25, 0.3) is 0 Å². The summed E-state index contributed by atoms with van der Waals surface area (Å²) in [5.41, 5.74) is 1.16. The minimum Gasteiger partial charge on any atom is -0.493 e. The van der Waals surface area contributed by atoms with Gasteiger partial charge >= 0.3 is 17.7 Å². The van der Waals surface area contributed by atoms with Crippen molar-refractivity contribution < 1.29 is 28.7 Å². The second kappa shape index (κ2) is 10.5. The normalized spacial score (nSPS) is 15.4. The predicted octanol–water partition coefficient (Wildman–Crippen LogP) is 3.76. The van der Waals surface area contributed by atoms with Gasteiger partial charge in [-0.1, -0.05) is 37.3 Å². The van der Waals surface area contributed by atoms with Crippen molar-refractivity contribution in [3.05, 3.63) is 75.0 Å². The van der Waals surface area contributed by atoms with Gasteiger partial charge in [0, 0.05) is 11.8 Å². The van der Waals surface area contributed by atoms with Crippen LogP contribution in [0.15, 0.2) is 53.7 Å². The van der Waals surface area contributed by atoms with Crippen molar-refractivity contribution in [1.82, 2.24) is 10.6 Å². The summed E-state index contributed by atoms with van der Waals surface area (Å²) in [4.78, 5) is 36.3. The monoisotopic (exact) mass is 455 g/mol. The molecule has 2 aromatic carbocycles. The van der Waals surface area contributed by atoms with E-state index in [1.807, 2.05) is 37.3 Å². The average Bonchev–Trinajstić information content (AvgIpc) is 2.80. The molecule has 0 aliphatic carbocycles. The fourth-order valence-electron chi connectivity index (χ4n) is 3.43. The first-order chi connectivity index (χ1) is 15.8. The zero-order valence-corrected chi connectivity index (χ0v) is 18.5. The van der Waals surface area contributed by atoms with Crippen molar-refractivity contribution in [2.45, 2.75) is 32.9 Å². The number of benzene rings is 2. The van der Waals surface area contributed by atoms with E-state index in [9.17, 15) is 19.7 Å². The molecule has 0 saturated heterocycles. The van der Waals surface area contributed by atoms with Gasteiger partial charge in [-0.3, -0.25) is 10.1 Å². The highest BCUT2D eigenvalue weighted by Gasteiger charge is 2.35. The molecule has 1 aliphatic rings. The lowest BCUT2D eigenvalue weighted by Crippen LogP contribution is -2.45. The molecule has 0 saturated carbocycles. The fraction of sp³-hybridized carbons (Fsp3) is 0.304. The van der Waals surface area contributed by atoms with E-state index in [0.29, 0.717) is 6.42 Å². The number of nitrogens with zero attached hydrogens (tertiary/aromatic N) is 1. The summed E-state index contributed by atoms with van der Waals surface area (Å²) in [6, 6.07) is 10.4. The van der Waals surface area contributed by atoms with Crippen molar-refractivity contribution in [2.24, 2.45) is 0 Å². The molecule has 10 heteroatoms. The van der Waals surface area contributed by atoms with E-state index in [-0.39, 0.29) is 47.2 Å². The number of nitrogens with one attached hydrogen (secondary N) is 2. The molecular weight excluding hydrogens is 430 g/mol. The molecule has 2 amide bonds. The van der Waals surface area contributed by atoms with Gasteiger partial charge in [-0.05, 0) is 30.5 Å². The zero-order chi connectivity index (χ0) is 24.0. The van der Waals surface area contributed by atoms with Gasteiger partial charge in [0.15, 0.2) is 5.75 Å². The van der Waals surface area contributed by atoms with Crippen molar-refractivity contribution in [1.29, 1.82) is 0 Å². The number of ether oxygens (including phenoxy) is 3. The van der Waals surface area contributed by atoms with Gasteiger partial charge in [0.1, 0.15) is 6.61 Å². The van der Waals surface area contributed by atoms with Crippen LogP contribution in [-0.2, 0) is 16.1 Å². The molecule has 2 N–H and O–H groups in total. The Morgan fingerprint density at radius 2 is 1.94 bits per heavy atom. The second-order valence-electron chi connectivity index (χ2n) is 7.31. The van der Waals surface area contributed by atoms with E-state index >= 15 is 0 Å². The summed E-state index contributed by atoms with van der Waals surface area (Å²) in [6.07, 6.45) is 0.645. The highest BCUT2D eigenvalue weighted by atomic mass is 16.6. The van der Waals surface area contributed by atoms with E-state index in [2.05, 4.69) is 10.6 Å². The SMILES string of the molecule is CCCOc1c(OC)cc(C2NC(=O)NC(C)=C2C(=O)OCc2ccccc2)cc1[N+](=O)[O-]. The Morgan fingerprint density at radius 1 is 1.21 bits per heavy atom. The molecular formula is C23H25N3O7. The van der Waals surface area contributed by atoms with Crippen LogP contribution in [-0.4, -0.2) is 30.6 Å². The fourth-order valence-corrected chi connectivity index (χ4v) is 3.43. The highest BCUT2D eigenvalue weighted by Crippen LogP contribution is 2.41. The van der Waals surface area contributed by atoms with Crippen LogP contribution in [0.1, 0.15) is 37.4 Å². The average molecular weight is 455 g/mol. The number of amides is 2. The molecule has 33 heavy (non-hydrogen) atoms. The third-order valence-electron chi connectivity index (χ3n) is 4.96. The number of urea groups is 1. The molecule has 0 bridgehead atoms. The maximum Gasteiger partial charge on any atom is 0.338 e. The summed E-state index contributed by atoms with van der Waals surface area (Å²) >= 11 is 0. The van der Waals surface area contributed by atoms with Crippen molar-refractivity contribution in [3.8, 4) is 11.5 Å². The number of esters is 1. The Labute approximate surface area is 190 Å². The number of carbonyl (C=O) groups is 2. The molecule has 174 valence electrons. The van der Waals surface area contributed by atoms with E-state index < -0.39 is 23.0 Å². The van der Waals surface area contributed by atoms with Crippen molar-refractivity contribution >= 4 is 17.7 Å². The van der Waals surface area contributed by atoms with E-state index in [1.165, 1.54) is 19.2 Å². The van der Waals surface area contributed by atoms with Crippen LogP contribution < -0.4 is 20.1 Å². The van der Waals surface area contributed by atoms with Gasteiger partial charge in [0.05, 0.1) is 30.3 Å². The standard InChI is InChI=1S/C23H25N3O7/c1-4-10-32-21-17(26(29)30)11-16(12-18(21)31-3)20-19(14(2)24-23(28)25-20)22(27)33-13-15-8-6-5-7-9-15/h5-9,11-12,20H,4,10,13H2,1-3H3,(H2,24,25,28). The summed E-state index contributed by atoms with van der Waals surface area (Å²) in [6.45, 7) is 3.73. The minimum absolute atomic E-state index is 0.0118. The Hall–Kier alpha value is -4.08. The first-order valence-electron chi connectivity index (χ1n) is 10.3. The molecule has 0 aromatic heterocycles. The molecule has 1 aliphatic heterocycles. The van der Waals surface area contributed by atoms with E-state index in [1.54, 1.807) is 6.92 Å². The van der Waals surface area contributed by atoms with Gasteiger partial charge < -0.3 is 24.8 Å². The van der Waals surface area contributed by atoms with Gasteiger partial charge in [-0.2, -0.15) is 0 Å². The van der Waals surface area contributed by atoms with Crippen LogP contribution in [0.25, 0.3) is 0 Å². The summed E-state index contributed by atoms with van der Waals surface area (Å²) in [5, 5.41) is 17.0. The molecule has 2 aromatic rings.